The average Bonchev–Trinajstić information content (AvgIpc) is 2.70. The molecule has 0 fully saturated rings. The molecule has 0 aliphatic rings. The minimum absolute atomic E-state index is 0.0417. The van der Waals surface area contributed by atoms with Crippen LogP contribution in [0.3, 0.4) is 0 Å². The molecule has 2 aromatic carbocycles. The van der Waals surface area contributed by atoms with E-state index in [0.717, 1.165) is 5.56 Å². The summed E-state index contributed by atoms with van der Waals surface area (Å²) in [5.41, 5.74) is 6.32. The largest absolute Gasteiger partial charge is 0.492 e. The summed E-state index contributed by atoms with van der Waals surface area (Å²) in [4.78, 5) is 24.2. The van der Waals surface area contributed by atoms with Crippen LogP contribution < -0.4 is 25.6 Å². The van der Waals surface area contributed by atoms with Gasteiger partial charge in [0.1, 0.15) is 11.5 Å². The lowest BCUT2D eigenvalue weighted by atomic mass is 10.2. The number of ether oxygens (including phenoxy) is 2. The van der Waals surface area contributed by atoms with Crippen LogP contribution in [-0.2, 0) is 4.79 Å². The molecule has 3 N–H and O–H groups in total. The van der Waals surface area contributed by atoms with E-state index >= 15 is 0 Å². The van der Waals surface area contributed by atoms with Gasteiger partial charge in [-0.1, -0.05) is 31.5 Å². The highest BCUT2D eigenvalue weighted by molar-refractivity contribution is 9.10. The first kappa shape index (κ1) is 23.6. The smallest absolute Gasteiger partial charge is 0.276 e. The standard InChI is InChI=1S/C21H24BrN3O4S/c1-13(2)11-29-18-9-6-15(10-17(18)22)20(27)23-21(30)25-24-19(26)12-28-16-7-4-14(3)5-8-16/h4-10,13H,11-12H2,1-3H3,(H,24,26)(H2,23,25,27,30). The van der Waals surface area contributed by atoms with Gasteiger partial charge in [0.05, 0.1) is 11.1 Å². The number of rotatable bonds is 7. The topological polar surface area (TPSA) is 88.7 Å². The van der Waals surface area contributed by atoms with E-state index in [1.54, 1.807) is 30.3 Å². The van der Waals surface area contributed by atoms with E-state index in [0.29, 0.717) is 34.1 Å². The molecule has 0 aromatic heterocycles. The van der Waals surface area contributed by atoms with Crippen molar-refractivity contribution in [1.29, 1.82) is 0 Å². The first-order valence-electron chi connectivity index (χ1n) is 9.26. The van der Waals surface area contributed by atoms with E-state index in [4.69, 9.17) is 21.7 Å². The van der Waals surface area contributed by atoms with Crippen LogP contribution in [0.25, 0.3) is 0 Å². The lowest BCUT2D eigenvalue weighted by molar-refractivity contribution is -0.123. The van der Waals surface area contributed by atoms with Gasteiger partial charge < -0.3 is 9.47 Å². The van der Waals surface area contributed by atoms with Gasteiger partial charge in [-0.15, -0.1) is 0 Å². The molecule has 7 nitrogen and oxygen atoms in total. The maximum atomic E-state index is 12.3. The van der Waals surface area contributed by atoms with Crippen LogP contribution in [0.2, 0.25) is 0 Å². The Labute approximate surface area is 189 Å². The molecule has 0 aliphatic heterocycles. The quantitative estimate of drug-likeness (QED) is 0.404. The molecular weight excluding hydrogens is 470 g/mol. The molecule has 30 heavy (non-hydrogen) atoms. The summed E-state index contributed by atoms with van der Waals surface area (Å²) in [6.45, 7) is 6.44. The molecule has 2 rings (SSSR count). The van der Waals surface area contributed by atoms with E-state index < -0.39 is 11.8 Å². The number of amides is 2. The van der Waals surface area contributed by atoms with Gasteiger partial charge in [-0.3, -0.25) is 25.8 Å². The second-order valence-corrected chi connectivity index (χ2v) is 8.17. The zero-order chi connectivity index (χ0) is 22.1. The van der Waals surface area contributed by atoms with Crippen molar-refractivity contribution in [1.82, 2.24) is 16.2 Å². The minimum atomic E-state index is -0.443. The van der Waals surface area contributed by atoms with Crippen LogP contribution in [-0.4, -0.2) is 30.1 Å². The minimum Gasteiger partial charge on any atom is -0.492 e. The summed E-state index contributed by atoms with van der Waals surface area (Å²) in [7, 11) is 0. The lowest BCUT2D eigenvalue weighted by Gasteiger charge is -2.13. The number of benzene rings is 2. The summed E-state index contributed by atoms with van der Waals surface area (Å²) in [5, 5.41) is 2.45. The van der Waals surface area contributed by atoms with Crippen LogP contribution in [0, 0.1) is 12.8 Å². The van der Waals surface area contributed by atoms with Gasteiger partial charge in [-0.2, -0.15) is 0 Å². The summed E-state index contributed by atoms with van der Waals surface area (Å²) < 4.78 is 11.7. The van der Waals surface area contributed by atoms with Gasteiger partial charge in [0.2, 0.25) is 0 Å². The number of hydrazine groups is 1. The Hall–Kier alpha value is -2.65. The third-order valence-electron chi connectivity index (χ3n) is 3.70. The molecule has 0 atom stereocenters. The number of aryl methyl sites for hydroxylation is 1. The average molecular weight is 494 g/mol. The Morgan fingerprint density at radius 3 is 2.40 bits per heavy atom. The molecule has 0 spiro atoms. The molecule has 160 valence electrons. The van der Waals surface area contributed by atoms with Crippen LogP contribution in [0.4, 0.5) is 0 Å². The Morgan fingerprint density at radius 2 is 1.77 bits per heavy atom. The number of halogens is 1. The monoisotopic (exact) mass is 493 g/mol. The van der Waals surface area contributed by atoms with Crippen LogP contribution in [0.15, 0.2) is 46.9 Å². The number of hydrogen-bond donors (Lipinski definition) is 3. The van der Waals surface area contributed by atoms with Crippen molar-refractivity contribution in [3.63, 3.8) is 0 Å². The summed E-state index contributed by atoms with van der Waals surface area (Å²) in [6.07, 6.45) is 0. The highest BCUT2D eigenvalue weighted by Gasteiger charge is 2.12. The van der Waals surface area contributed by atoms with E-state index in [-0.39, 0.29) is 11.7 Å². The molecule has 2 aromatic rings. The fourth-order valence-electron chi connectivity index (χ4n) is 2.17. The highest BCUT2D eigenvalue weighted by Crippen LogP contribution is 2.26. The number of thiocarbonyl (C=S) groups is 1. The zero-order valence-corrected chi connectivity index (χ0v) is 19.4. The summed E-state index contributed by atoms with van der Waals surface area (Å²) in [5.74, 6) is 0.760. The molecule has 0 saturated heterocycles. The zero-order valence-electron chi connectivity index (χ0n) is 17.0. The van der Waals surface area contributed by atoms with E-state index in [2.05, 4.69) is 45.9 Å². The first-order chi connectivity index (χ1) is 14.2. The number of nitrogens with one attached hydrogen (secondary N) is 3. The highest BCUT2D eigenvalue weighted by atomic mass is 79.9. The second kappa shape index (κ2) is 11.5. The van der Waals surface area contributed by atoms with Crippen molar-refractivity contribution in [2.75, 3.05) is 13.2 Å². The number of carbonyl (C=O) groups is 2. The SMILES string of the molecule is Cc1ccc(OCC(=O)NNC(=S)NC(=O)c2ccc(OCC(C)C)c(Br)c2)cc1. The number of hydrogen-bond acceptors (Lipinski definition) is 5. The molecule has 0 aliphatic carbocycles. The number of carbonyl (C=O) groups excluding carboxylic acids is 2. The first-order valence-corrected chi connectivity index (χ1v) is 10.5. The molecule has 0 radical (unpaired) electrons. The van der Waals surface area contributed by atoms with Gasteiger partial charge in [-0.05, 0) is 71.3 Å². The van der Waals surface area contributed by atoms with Crippen molar-refractivity contribution in [2.45, 2.75) is 20.8 Å². The summed E-state index contributed by atoms with van der Waals surface area (Å²) >= 11 is 8.43. The molecule has 2 amide bonds. The fourth-order valence-corrected chi connectivity index (χ4v) is 2.81. The molecular formula is C21H24BrN3O4S. The molecule has 0 unspecified atom stereocenters. The second-order valence-electron chi connectivity index (χ2n) is 6.91. The predicted molar refractivity (Wildman–Crippen MR) is 122 cm³/mol. The summed E-state index contributed by atoms with van der Waals surface area (Å²) in [6, 6.07) is 12.3. The lowest BCUT2D eigenvalue weighted by Crippen LogP contribution is -2.49. The predicted octanol–water partition coefficient (Wildman–Crippen LogP) is 3.51. The fraction of sp³-hybridized carbons (Fsp3) is 0.286. The van der Waals surface area contributed by atoms with Crippen molar-refractivity contribution >= 4 is 45.1 Å². The molecule has 0 heterocycles. The Bertz CT molecular complexity index is 904. The van der Waals surface area contributed by atoms with Crippen molar-refractivity contribution in [2.24, 2.45) is 5.92 Å². The molecule has 9 heteroatoms. The Morgan fingerprint density at radius 1 is 1.07 bits per heavy atom. The third kappa shape index (κ3) is 8.00. The molecule has 0 bridgehead atoms. The normalized spacial score (nSPS) is 10.3. The van der Waals surface area contributed by atoms with Gasteiger partial charge in [-0.25, -0.2) is 0 Å². The Kier molecular flexibility index (Phi) is 9.07. The van der Waals surface area contributed by atoms with Gasteiger partial charge >= 0.3 is 0 Å². The van der Waals surface area contributed by atoms with E-state index in [9.17, 15) is 9.59 Å². The van der Waals surface area contributed by atoms with Crippen LogP contribution >= 0.6 is 28.1 Å². The van der Waals surface area contributed by atoms with Crippen molar-refractivity contribution < 1.29 is 19.1 Å². The van der Waals surface area contributed by atoms with Gasteiger partial charge in [0.25, 0.3) is 11.8 Å². The maximum Gasteiger partial charge on any atom is 0.276 e. The maximum absolute atomic E-state index is 12.3. The van der Waals surface area contributed by atoms with Crippen LogP contribution in [0.5, 0.6) is 11.5 Å². The van der Waals surface area contributed by atoms with Crippen molar-refractivity contribution in [3.05, 3.63) is 58.1 Å². The Balaban J connectivity index is 1.77. The van der Waals surface area contributed by atoms with E-state index in [1.165, 1.54) is 0 Å². The van der Waals surface area contributed by atoms with Gasteiger partial charge in [0.15, 0.2) is 11.7 Å². The van der Waals surface area contributed by atoms with Crippen LogP contribution in [0.1, 0.15) is 29.8 Å². The van der Waals surface area contributed by atoms with Gasteiger partial charge in [0, 0.05) is 5.56 Å². The van der Waals surface area contributed by atoms with Crippen molar-refractivity contribution in [3.8, 4) is 11.5 Å². The molecule has 0 saturated carbocycles. The third-order valence-corrected chi connectivity index (χ3v) is 4.52. The van der Waals surface area contributed by atoms with E-state index in [1.807, 2.05) is 19.1 Å².